The summed E-state index contributed by atoms with van der Waals surface area (Å²) in [5.41, 5.74) is 7.64. The lowest BCUT2D eigenvalue weighted by Gasteiger charge is -2.04. The summed E-state index contributed by atoms with van der Waals surface area (Å²) in [6.45, 7) is 2.16. The lowest BCUT2D eigenvalue weighted by atomic mass is 10.1. The highest BCUT2D eigenvalue weighted by atomic mass is 14.8. The maximum atomic E-state index is 5.67. The lowest BCUT2D eigenvalue weighted by Crippen LogP contribution is -2.19. The number of rotatable bonds is 4. The molecule has 0 spiro atoms. The van der Waals surface area contributed by atoms with Crippen LogP contribution in [-0.2, 0) is 0 Å². The van der Waals surface area contributed by atoms with Crippen LogP contribution in [0.15, 0.2) is 30.3 Å². The molecule has 0 aromatic heterocycles. The van der Waals surface area contributed by atoms with Crippen LogP contribution in [0.2, 0.25) is 0 Å². The van der Waals surface area contributed by atoms with Crippen molar-refractivity contribution in [1.82, 2.24) is 5.32 Å². The molecule has 0 amide bonds. The van der Waals surface area contributed by atoms with Crippen LogP contribution < -0.4 is 11.1 Å². The van der Waals surface area contributed by atoms with Crippen molar-refractivity contribution in [3.8, 4) is 0 Å². The highest BCUT2D eigenvalue weighted by molar-refractivity contribution is 5.55. The highest BCUT2D eigenvalue weighted by Crippen LogP contribution is 2.08. The van der Waals surface area contributed by atoms with Crippen molar-refractivity contribution in [3.63, 3.8) is 0 Å². The number of hydrogen-bond donors (Lipinski definition) is 2. The zero-order valence-corrected chi connectivity index (χ0v) is 8.83. The molecule has 0 radical (unpaired) electrons. The molecule has 2 heteroatoms. The van der Waals surface area contributed by atoms with Crippen LogP contribution in [0.5, 0.6) is 0 Å². The number of hydrogen-bond acceptors (Lipinski definition) is 2. The van der Waals surface area contributed by atoms with Crippen LogP contribution in [0.1, 0.15) is 18.9 Å². The molecule has 0 aliphatic rings. The molecule has 0 aliphatic heterocycles. The van der Waals surface area contributed by atoms with Crippen molar-refractivity contribution in [3.05, 3.63) is 35.9 Å². The fraction of sp³-hybridized carbons (Fsp3) is 0.333. The zero-order valence-electron chi connectivity index (χ0n) is 8.83. The van der Waals surface area contributed by atoms with Gasteiger partial charge in [-0.15, -0.1) is 0 Å². The maximum absolute atomic E-state index is 5.67. The standard InChI is InChI=1S/C12H18N2/c1-10(14-2)5-3-6-11-7-4-8-12(13)9-11/h3-4,6-10,14H,5,13H2,1-2H3/b6-3+. The van der Waals surface area contributed by atoms with Gasteiger partial charge in [-0.1, -0.05) is 24.3 Å². The summed E-state index contributed by atoms with van der Waals surface area (Å²) < 4.78 is 0. The van der Waals surface area contributed by atoms with E-state index in [2.05, 4.69) is 30.5 Å². The van der Waals surface area contributed by atoms with Crippen molar-refractivity contribution in [1.29, 1.82) is 0 Å². The molecule has 2 nitrogen and oxygen atoms in total. The summed E-state index contributed by atoms with van der Waals surface area (Å²) in [6, 6.07) is 8.41. The van der Waals surface area contributed by atoms with E-state index >= 15 is 0 Å². The molecule has 0 saturated heterocycles. The molecule has 1 aromatic carbocycles. The molecule has 3 N–H and O–H groups in total. The predicted octanol–water partition coefficient (Wildman–Crippen LogP) is 2.28. The Morgan fingerprint density at radius 2 is 2.29 bits per heavy atom. The number of nitrogen functional groups attached to an aromatic ring is 1. The molecular formula is C12H18N2. The van der Waals surface area contributed by atoms with Crippen LogP contribution in [0.3, 0.4) is 0 Å². The smallest absolute Gasteiger partial charge is 0.0319 e. The van der Waals surface area contributed by atoms with Gasteiger partial charge in [0.1, 0.15) is 0 Å². The first-order valence-corrected chi connectivity index (χ1v) is 4.91. The Hall–Kier alpha value is -1.28. The Balaban J connectivity index is 2.51. The van der Waals surface area contributed by atoms with Gasteiger partial charge in [-0.05, 0) is 38.1 Å². The largest absolute Gasteiger partial charge is 0.399 e. The van der Waals surface area contributed by atoms with Crippen molar-refractivity contribution < 1.29 is 0 Å². The maximum Gasteiger partial charge on any atom is 0.0319 e. The van der Waals surface area contributed by atoms with Gasteiger partial charge in [-0.3, -0.25) is 0 Å². The molecule has 0 aliphatic carbocycles. The van der Waals surface area contributed by atoms with E-state index in [-0.39, 0.29) is 0 Å². The van der Waals surface area contributed by atoms with E-state index < -0.39 is 0 Å². The van der Waals surface area contributed by atoms with Gasteiger partial charge in [0, 0.05) is 11.7 Å². The fourth-order valence-electron chi connectivity index (χ4n) is 1.19. The highest BCUT2D eigenvalue weighted by Gasteiger charge is 1.92. The molecule has 0 fully saturated rings. The van der Waals surface area contributed by atoms with Gasteiger partial charge in [-0.25, -0.2) is 0 Å². The Bertz CT molecular complexity index is 305. The van der Waals surface area contributed by atoms with Crippen LogP contribution in [0, 0.1) is 0 Å². The summed E-state index contributed by atoms with van der Waals surface area (Å²) in [4.78, 5) is 0. The summed E-state index contributed by atoms with van der Waals surface area (Å²) >= 11 is 0. The minimum absolute atomic E-state index is 0.521. The van der Waals surface area contributed by atoms with Crippen molar-refractivity contribution >= 4 is 11.8 Å². The van der Waals surface area contributed by atoms with Crippen LogP contribution >= 0.6 is 0 Å². The Kier molecular flexibility index (Phi) is 4.20. The predicted molar refractivity (Wildman–Crippen MR) is 63.0 cm³/mol. The first-order chi connectivity index (χ1) is 6.72. The average Bonchev–Trinajstić information content (AvgIpc) is 2.17. The second-order valence-electron chi connectivity index (χ2n) is 3.50. The van der Waals surface area contributed by atoms with Gasteiger partial charge < -0.3 is 11.1 Å². The minimum atomic E-state index is 0.521. The summed E-state index contributed by atoms with van der Waals surface area (Å²) in [6.07, 6.45) is 5.30. The fourth-order valence-corrected chi connectivity index (χ4v) is 1.19. The van der Waals surface area contributed by atoms with E-state index in [9.17, 15) is 0 Å². The number of nitrogens with two attached hydrogens (primary N) is 1. The third-order valence-electron chi connectivity index (χ3n) is 2.20. The third kappa shape index (κ3) is 3.62. The lowest BCUT2D eigenvalue weighted by molar-refractivity contribution is 0.621. The van der Waals surface area contributed by atoms with Crippen LogP contribution in [-0.4, -0.2) is 13.1 Å². The van der Waals surface area contributed by atoms with Gasteiger partial charge in [0.15, 0.2) is 0 Å². The van der Waals surface area contributed by atoms with Gasteiger partial charge in [0.2, 0.25) is 0 Å². The van der Waals surface area contributed by atoms with E-state index in [0.717, 1.165) is 17.7 Å². The van der Waals surface area contributed by atoms with Crippen molar-refractivity contribution in [2.24, 2.45) is 0 Å². The van der Waals surface area contributed by atoms with E-state index in [4.69, 9.17) is 5.73 Å². The second kappa shape index (κ2) is 5.45. The van der Waals surface area contributed by atoms with E-state index in [1.54, 1.807) is 0 Å². The van der Waals surface area contributed by atoms with Gasteiger partial charge >= 0.3 is 0 Å². The summed E-state index contributed by atoms with van der Waals surface area (Å²) in [5.74, 6) is 0. The molecule has 1 unspecified atom stereocenters. The van der Waals surface area contributed by atoms with E-state index in [1.807, 2.05) is 25.2 Å². The molecule has 76 valence electrons. The Morgan fingerprint density at radius 3 is 2.93 bits per heavy atom. The van der Waals surface area contributed by atoms with Crippen molar-refractivity contribution in [2.75, 3.05) is 12.8 Å². The Morgan fingerprint density at radius 1 is 1.50 bits per heavy atom. The minimum Gasteiger partial charge on any atom is -0.399 e. The van der Waals surface area contributed by atoms with Gasteiger partial charge in [0.25, 0.3) is 0 Å². The number of nitrogens with one attached hydrogen (secondary N) is 1. The van der Waals surface area contributed by atoms with E-state index in [1.165, 1.54) is 0 Å². The topological polar surface area (TPSA) is 38.0 Å². The zero-order chi connectivity index (χ0) is 10.4. The molecule has 0 heterocycles. The molecule has 14 heavy (non-hydrogen) atoms. The summed E-state index contributed by atoms with van der Waals surface area (Å²) in [5, 5.41) is 3.19. The van der Waals surface area contributed by atoms with Crippen LogP contribution in [0.25, 0.3) is 6.08 Å². The molecule has 1 aromatic rings. The first kappa shape index (κ1) is 10.8. The number of benzene rings is 1. The second-order valence-corrected chi connectivity index (χ2v) is 3.50. The molecule has 0 bridgehead atoms. The van der Waals surface area contributed by atoms with Crippen molar-refractivity contribution in [2.45, 2.75) is 19.4 Å². The normalized spacial score (nSPS) is 13.3. The average molecular weight is 190 g/mol. The molecular weight excluding hydrogens is 172 g/mol. The van der Waals surface area contributed by atoms with Gasteiger partial charge in [-0.2, -0.15) is 0 Å². The van der Waals surface area contributed by atoms with E-state index in [0.29, 0.717) is 6.04 Å². The van der Waals surface area contributed by atoms with Crippen LogP contribution in [0.4, 0.5) is 5.69 Å². The summed E-state index contributed by atoms with van der Waals surface area (Å²) in [7, 11) is 1.97. The number of anilines is 1. The molecule has 0 saturated carbocycles. The SMILES string of the molecule is CNC(C)C/C=C/c1cccc(N)c1. The molecule has 1 rings (SSSR count). The first-order valence-electron chi connectivity index (χ1n) is 4.91. The Labute approximate surface area is 85.8 Å². The van der Waals surface area contributed by atoms with Gasteiger partial charge in [0.05, 0.1) is 0 Å². The monoisotopic (exact) mass is 190 g/mol. The molecule has 1 atom stereocenters. The third-order valence-corrected chi connectivity index (χ3v) is 2.20. The quantitative estimate of drug-likeness (QED) is 0.715.